The van der Waals surface area contributed by atoms with Crippen molar-refractivity contribution in [2.45, 2.75) is 26.7 Å². The summed E-state index contributed by atoms with van der Waals surface area (Å²) in [7, 11) is 0. The lowest BCUT2D eigenvalue weighted by atomic mass is 10.0. The van der Waals surface area contributed by atoms with E-state index in [0.717, 1.165) is 23.3 Å². The van der Waals surface area contributed by atoms with Crippen LogP contribution < -0.4 is 0 Å². The van der Waals surface area contributed by atoms with Gasteiger partial charge in [-0.05, 0) is 42.2 Å². The molecule has 0 aromatic heterocycles. The van der Waals surface area contributed by atoms with Crippen LogP contribution in [-0.2, 0) is 0 Å². The molecule has 0 radical (unpaired) electrons. The second kappa shape index (κ2) is 7.40. The molecule has 0 unspecified atom stereocenters. The first-order chi connectivity index (χ1) is 10.6. The van der Waals surface area contributed by atoms with Gasteiger partial charge in [0.25, 0.3) is 0 Å². The van der Waals surface area contributed by atoms with Gasteiger partial charge in [0.2, 0.25) is 0 Å². The average molecular weight is 320 g/mol. The summed E-state index contributed by atoms with van der Waals surface area (Å²) >= 11 is 0. The molecular weight excluding hydrogens is 300 g/mol. The molecule has 0 heterocycles. The highest BCUT2D eigenvalue weighted by atomic mass is 16.4. The molecule has 0 atom stereocenters. The molecule has 0 aliphatic rings. The Bertz CT molecular complexity index is 683. The highest BCUT2D eigenvalue weighted by molar-refractivity contribution is 5.89. The molecule has 0 bridgehead atoms. The summed E-state index contributed by atoms with van der Waals surface area (Å²) in [5.74, 6) is -2.52. The van der Waals surface area contributed by atoms with Gasteiger partial charge < -0.3 is 25.5 Å². The number of hydrogen-bond donors (Lipinski definition) is 5. The lowest BCUT2D eigenvalue weighted by molar-refractivity contribution is 0.0696. The van der Waals surface area contributed by atoms with Crippen molar-refractivity contribution < 1.29 is 30.3 Å². The van der Waals surface area contributed by atoms with E-state index in [1.54, 1.807) is 6.07 Å². The molecule has 6 heteroatoms. The smallest absolute Gasteiger partial charge is 0.335 e. The maximum absolute atomic E-state index is 10.3. The molecule has 0 aliphatic carbocycles. The predicted molar refractivity (Wildman–Crippen MR) is 85.3 cm³/mol. The van der Waals surface area contributed by atoms with Crippen molar-refractivity contribution in [1.82, 2.24) is 0 Å². The van der Waals surface area contributed by atoms with E-state index in [9.17, 15) is 9.90 Å². The molecule has 2 aromatic carbocycles. The van der Waals surface area contributed by atoms with E-state index < -0.39 is 23.2 Å². The third-order valence-corrected chi connectivity index (χ3v) is 3.12. The van der Waals surface area contributed by atoms with E-state index >= 15 is 0 Å². The molecule has 0 aliphatic heterocycles. The molecule has 2 rings (SSSR count). The van der Waals surface area contributed by atoms with Crippen LogP contribution in [0.25, 0.3) is 0 Å². The van der Waals surface area contributed by atoms with Crippen molar-refractivity contribution in [3.05, 3.63) is 47.0 Å². The predicted octanol–water partition coefficient (Wildman–Crippen LogP) is 3.33. The Balaban J connectivity index is 0.000000231. The first-order valence-corrected chi connectivity index (χ1v) is 6.91. The number of aryl methyl sites for hydroxylation is 1. The number of aromatic carboxylic acids is 1. The Hall–Kier alpha value is -2.89. The zero-order valence-electron chi connectivity index (χ0n) is 13.1. The average Bonchev–Trinajstić information content (AvgIpc) is 2.44. The van der Waals surface area contributed by atoms with Crippen LogP contribution in [0.4, 0.5) is 0 Å². The number of carbonyl (C=O) groups is 1. The van der Waals surface area contributed by atoms with E-state index in [4.69, 9.17) is 20.4 Å². The van der Waals surface area contributed by atoms with Crippen LogP contribution in [0.15, 0.2) is 30.3 Å². The Morgan fingerprint density at radius 3 is 1.83 bits per heavy atom. The fourth-order valence-corrected chi connectivity index (χ4v) is 1.87. The van der Waals surface area contributed by atoms with Crippen molar-refractivity contribution in [2.75, 3.05) is 0 Å². The van der Waals surface area contributed by atoms with E-state index in [-0.39, 0.29) is 5.56 Å². The van der Waals surface area contributed by atoms with Gasteiger partial charge in [-0.1, -0.05) is 26.0 Å². The molecule has 5 N–H and O–H groups in total. The molecule has 0 amide bonds. The normalized spacial score (nSPS) is 10.1. The van der Waals surface area contributed by atoms with Gasteiger partial charge in [0.1, 0.15) is 5.75 Å². The second-order valence-corrected chi connectivity index (χ2v) is 5.39. The van der Waals surface area contributed by atoms with Crippen molar-refractivity contribution >= 4 is 5.97 Å². The lowest BCUT2D eigenvalue weighted by Gasteiger charge is -2.07. The number of aromatic hydroxyl groups is 4. The number of benzene rings is 2. The van der Waals surface area contributed by atoms with Crippen LogP contribution in [0.3, 0.4) is 0 Å². The third kappa shape index (κ3) is 4.81. The summed E-state index contributed by atoms with van der Waals surface area (Å²) in [4.78, 5) is 10.3. The first kappa shape index (κ1) is 18.2. The second-order valence-electron chi connectivity index (χ2n) is 5.39. The van der Waals surface area contributed by atoms with Crippen LogP contribution in [0.5, 0.6) is 23.0 Å². The fraction of sp³-hybridized carbons (Fsp3) is 0.235. The van der Waals surface area contributed by atoms with E-state index in [1.165, 1.54) is 0 Å². The molecular formula is C17H20O6. The Morgan fingerprint density at radius 2 is 1.43 bits per heavy atom. The molecule has 0 fully saturated rings. The summed E-state index contributed by atoms with van der Waals surface area (Å²) in [5.41, 5.74) is 1.84. The van der Waals surface area contributed by atoms with Gasteiger partial charge in [0, 0.05) is 0 Å². The minimum absolute atomic E-state index is 0.289. The van der Waals surface area contributed by atoms with Gasteiger partial charge in [-0.15, -0.1) is 0 Å². The summed E-state index contributed by atoms with van der Waals surface area (Å²) in [6, 6.07) is 7.49. The molecule has 2 aromatic rings. The zero-order chi connectivity index (χ0) is 17.7. The molecule has 0 saturated heterocycles. The number of hydrogen-bond acceptors (Lipinski definition) is 5. The number of rotatable bonds is 2. The standard InChI is InChI=1S/C10H14O.C7H6O5/c1-7(2)9-5-4-8(3)6-10(9)11;8-4-1-3(7(11)12)2-5(9)6(4)10/h4-7,11H,1-3H3;1-2,8-10H,(H,11,12). The van der Waals surface area contributed by atoms with Crippen molar-refractivity contribution in [3.8, 4) is 23.0 Å². The Labute approximate surface area is 133 Å². The fourth-order valence-electron chi connectivity index (χ4n) is 1.87. The largest absolute Gasteiger partial charge is 0.508 e. The molecule has 0 spiro atoms. The summed E-state index contributed by atoms with van der Waals surface area (Å²) < 4.78 is 0. The van der Waals surface area contributed by atoms with E-state index in [2.05, 4.69) is 13.8 Å². The highest BCUT2D eigenvalue weighted by Gasteiger charge is 2.11. The molecule has 23 heavy (non-hydrogen) atoms. The van der Waals surface area contributed by atoms with Gasteiger partial charge in [0.15, 0.2) is 17.2 Å². The molecule has 124 valence electrons. The van der Waals surface area contributed by atoms with Gasteiger partial charge in [0.05, 0.1) is 5.56 Å². The maximum Gasteiger partial charge on any atom is 0.335 e. The number of phenolic OH excluding ortho intramolecular Hbond substituents is 4. The third-order valence-electron chi connectivity index (χ3n) is 3.12. The SMILES string of the molecule is Cc1ccc(C(C)C)c(O)c1.O=C(O)c1cc(O)c(O)c(O)c1. The summed E-state index contributed by atoms with van der Waals surface area (Å²) in [6.45, 7) is 6.12. The first-order valence-electron chi connectivity index (χ1n) is 6.91. The van der Waals surface area contributed by atoms with Crippen molar-refractivity contribution in [1.29, 1.82) is 0 Å². The van der Waals surface area contributed by atoms with Crippen LogP contribution in [0.1, 0.15) is 41.3 Å². The van der Waals surface area contributed by atoms with Crippen LogP contribution in [-0.4, -0.2) is 31.5 Å². The number of carboxylic acid groups (broad SMARTS) is 1. The summed E-state index contributed by atoms with van der Waals surface area (Å²) in [6.07, 6.45) is 0. The molecule has 0 saturated carbocycles. The van der Waals surface area contributed by atoms with Crippen LogP contribution >= 0.6 is 0 Å². The van der Waals surface area contributed by atoms with Crippen molar-refractivity contribution in [3.63, 3.8) is 0 Å². The van der Waals surface area contributed by atoms with E-state index in [0.29, 0.717) is 11.7 Å². The van der Waals surface area contributed by atoms with E-state index in [1.807, 2.05) is 19.1 Å². The minimum Gasteiger partial charge on any atom is -0.508 e. The monoisotopic (exact) mass is 320 g/mol. The molecule has 6 nitrogen and oxygen atoms in total. The topological polar surface area (TPSA) is 118 Å². The van der Waals surface area contributed by atoms with Gasteiger partial charge in [-0.2, -0.15) is 0 Å². The summed E-state index contributed by atoms with van der Waals surface area (Å²) in [5, 5.41) is 44.4. The van der Waals surface area contributed by atoms with Gasteiger partial charge in [-0.3, -0.25) is 0 Å². The van der Waals surface area contributed by atoms with Gasteiger partial charge >= 0.3 is 5.97 Å². The number of phenols is 4. The quantitative estimate of drug-likeness (QED) is 0.542. The van der Waals surface area contributed by atoms with Crippen molar-refractivity contribution in [2.24, 2.45) is 0 Å². The minimum atomic E-state index is -1.29. The van der Waals surface area contributed by atoms with Gasteiger partial charge in [-0.25, -0.2) is 4.79 Å². The van der Waals surface area contributed by atoms with Crippen LogP contribution in [0, 0.1) is 6.92 Å². The lowest BCUT2D eigenvalue weighted by Crippen LogP contribution is -1.95. The Morgan fingerprint density at radius 1 is 0.913 bits per heavy atom. The number of carboxylic acids is 1. The Kier molecular flexibility index (Phi) is 5.84. The zero-order valence-corrected chi connectivity index (χ0v) is 13.1. The maximum atomic E-state index is 10.3. The van der Waals surface area contributed by atoms with Crippen LogP contribution in [0.2, 0.25) is 0 Å². The highest BCUT2D eigenvalue weighted by Crippen LogP contribution is 2.35.